The maximum Gasteiger partial charge on any atom is 0.165 e. The molecule has 0 bridgehead atoms. The maximum absolute atomic E-state index is 13.6. The van der Waals surface area contributed by atoms with E-state index in [4.69, 9.17) is 9.47 Å². The summed E-state index contributed by atoms with van der Waals surface area (Å²) in [6.07, 6.45) is -0.158. The molecule has 1 atom stereocenters. The van der Waals surface area contributed by atoms with Crippen LogP contribution in [0.25, 0.3) is 0 Å². The molecule has 1 aromatic rings. The summed E-state index contributed by atoms with van der Waals surface area (Å²) in [5, 5.41) is 2.96. The van der Waals surface area contributed by atoms with Crippen LogP contribution < -0.4 is 10.1 Å². The third-order valence-electron chi connectivity index (χ3n) is 2.11. The lowest BCUT2D eigenvalue weighted by atomic mass is 10.2. The summed E-state index contributed by atoms with van der Waals surface area (Å²) >= 11 is 0. The van der Waals surface area contributed by atoms with Gasteiger partial charge in [0.25, 0.3) is 0 Å². The highest BCUT2D eigenvalue weighted by Crippen LogP contribution is 2.19. The average molecular weight is 227 g/mol. The van der Waals surface area contributed by atoms with Crippen LogP contribution in [-0.4, -0.2) is 26.9 Å². The molecular weight excluding hydrogens is 209 g/mol. The van der Waals surface area contributed by atoms with E-state index in [1.807, 2.05) is 20.0 Å². The third kappa shape index (κ3) is 3.79. The molecule has 3 nitrogen and oxygen atoms in total. The number of halogens is 1. The zero-order chi connectivity index (χ0) is 12.0. The predicted molar refractivity (Wildman–Crippen MR) is 61.1 cm³/mol. The summed E-state index contributed by atoms with van der Waals surface area (Å²) in [6, 6.07) is 4.97. The van der Waals surface area contributed by atoms with Crippen LogP contribution in [0.5, 0.6) is 5.75 Å². The Morgan fingerprint density at radius 2 is 2.19 bits per heavy atom. The van der Waals surface area contributed by atoms with Crippen LogP contribution in [0.4, 0.5) is 4.39 Å². The van der Waals surface area contributed by atoms with Crippen molar-refractivity contribution in [2.75, 3.05) is 20.8 Å². The van der Waals surface area contributed by atoms with Crippen LogP contribution in [0, 0.1) is 5.82 Å². The van der Waals surface area contributed by atoms with E-state index in [1.54, 1.807) is 13.2 Å². The fraction of sp³-hybridized carbons (Fsp3) is 0.500. The molecule has 1 N–H and O–H groups in total. The van der Waals surface area contributed by atoms with Gasteiger partial charge in [-0.25, -0.2) is 4.39 Å². The maximum atomic E-state index is 13.6. The average Bonchev–Trinajstić information content (AvgIpc) is 2.23. The number of benzene rings is 1. The van der Waals surface area contributed by atoms with Gasteiger partial charge >= 0.3 is 0 Å². The van der Waals surface area contributed by atoms with Crippen molar-refractivity contribution in [3.8, 4) is 5.75 Å². The lowest BCUT2D eigenvalue weighted by molar-refractivity contribution is 0.0892. The van der Waals surface area contributed by atoms with Gasteiger partial charge in [0.1, 0.15) is 6.10 Å². The minimum Gasteiger partial charge on any atom is -0.485 e. The summed E-state index contributed by atoms with van der Waals surface area (Å²) in [5.41, 5.74) is 0.895. The molecule has 0 amide bonds. The van der Waals surface area contributed by atoms with E-state index in [0.717, 1.165) is 5.56 Å². The van der Waals surface area contributed by atoms with E-state index < -0.39 is 0 Å². The number of methoxy groups -OCH3 is 1. The summed E-state index contributed by atoms with van der Waals surface area (Å²) in [7, 11) is 3.41. The molecule has 0 saturated heterocycles. The number of nitrogens with one attached hydrogen (secondary N) is 1. The van der Waals surface area contributed by atoms with Crippen LogP contribution >= 0.6 is 0 Å². The highest BCUT2D eigenvalue weighted by molar-refractivity contribution is 5.29. The van der Waals surface area contributed by atoms with Gasteiger partial charge in [0.15, 0.2) is 11.6 Å². The molecule has 1 unspecified atom stereocenters. The molecule has 90 valence electrons. The molecule has 0 aliphatic rings. The Kier molecular flexibility index (Phi) is 5.22. The second-order valence-corrected chi connectivity index (χ2v) is 3.68. The van der Waals surface area contributed by atoms with Crippen molar-refractivity contribution in [3.05, 3.63) is 29.6 Å². The minimum atomic E-state index is -0.337. The van der Waals surface area contributed by atoms with Gasteiger partial charge in [0, 0.05) is 13.7 Å². The molecule has 4 heteroatoms. The van der Waals surface area contributed by atoms with E-state index >= 15 is 0 Å². The Hall–Kier alpha value is -1.13. The van der Waals surface area contributed by atoms with Crippen LogP contribution in [0.15, 0.2) is 18.2 Å². The predicted octanol–water partition coefficient (Wildman–Crippen LogP) is 1.96. The van der Waals surface area contributed by atoms with Crippen LogP contribution in [0.2, 0.25) is 0 Å². The first-order chi connectivity index (χ1) is 7.67. The van der Waals surface area contributed by atoms with Crippen LogP contribution in [0.3, 0.4) is 0 Å². The SMILES string of the molecule is CNCc1ccc(OC(C)COC)c(F)c1. The van der Waals surface area contributed by atoms with Gasteiger partial charge in [-0.05, 0) is 31.7 Å². The second-order valence-electron chi connectivity index (χ2n) is 3.68. The number of ether oxygens (including phenoxy) is 2. The molecule has 16 heavy (non-hydrogen) atoms. The van der Waals surface area contributed by atoms with E-state index in [-0.39, 0.29) is 17.7 Å². The Bertz CT molecular complexity index is 331. The molecule has 1 rings (SSSR count). The van der Waals surface area contributed by atoms with Crippen molar-refractivity contribution in [1.29, 1.82) is 0 Å². The number of rotatable bonds is 6. The zero-order valence-corrected chi connectivity index (χ0v) is 9.92. The van der Waals surface area contributed by atoms with Crippen molar-refractivity contribution in [3.63, 3.8) is 0 Å². The van der Waals surface area contributed by atoms with Gasteiger partial charge < -0.3 is 14.8 Å². The standard InChI is InChI=1S/C12H18FNO2/c1-9(8-15-3)16-12-5-4-10(7-14-2)6-11(12)13/h4-6,9,14H,7-8H2,1-3H3. The Morgan fingerprint density at radius 3 is 2.75 bits per heavy atom. The summed E-state index contributed by atoms with van der Waals surface area (Å²) in [5.74, 6) is -0.0693. The molecule has 0 spiro atoms. The monoisotopic (exact) mass is 227 g/mol. The molecule has 0 aliphatic carbocycles. The van der Waals surface area contributed by atoms with Gasteiger partial charge in [0.05, 0.1) is 6.61 Å². The number of hydrogen-bond donors (Lipinski definition) is 1. The van der Waals surface area contributed by atoms with Gasteiger partial charge in [-0.1, -0.05) is 6.07 Å². The summed E-state index contributed by atoms with van der Waals surface area (Å²) in [4.78, 5) is 0. The normalized spacial score (nSPS) is 12.5. The Balaban J connectivity index is 2.67. The van der Waals surface area contributed by atoms with Crippen molar-refractivity contribution in [1.82, 2.24) is 5.32 Å². The van der Waals surface area contributed by atoms with Crippen molar-refractivity contribution in [2.45, 2.75) is 19.6 Å². The fourth-order valence-electron chi connectivity index (χ4n) is 1.44. The van der Waals surface area contributed by atoms with Gasteiger partial charge in [-0.2, -0.15) is 0 Å². The Morgan fingerprint density at radius 1 is 1.44 bits per heavy atom. The van der Waals surface area contributed by atoms with Crippen LogP contribution in [0.1, 0.15) is 12.5 Å². The first-order valence-corrected chi connectivity index (χ1v) is 5.26. The Labute approximate surface area is 95.6 Å². The van der Waals surface area contributed by atoms with E-state index in [0.29, 0.717) is 13.2 Å². The molecule has 0 radical (unpaired) electrons. The fourth-order valence-corrected chi connectivity index (χ4v) is 1.44. The van der Waals surface area contributed by atoms with Gasteiger partial charge in [-0.3, -0.25) is 0 Å². The van der Waals surface area contributed by atoms with E-state index in [2.05, 4.69) is 5.32 Å². The van der Waals surface area contributed by atoms with E-state index in [9.17, 15) is 4.39 Å². The van der Waals surface area contributed by atoms with Crippen molar-refractivity contribution < 1.29 is 13.9 Å². The van der Waals surface area contributed by atoms with Crippen LogP contribution in [-0.2, 0) is 11.3 Å². The largest absolute Gasteiger partial charge is 0.485 e. The summed E-state index contributed by atoms with van der Waals surface area (Å²) < 4.78 is 23.9. The topological polar surface area (TPSA) is 30.5 Å². The third-order valence-corrected chi connectivity index (χ3v) is 2.11. The van der Waals surface area contributed by atoms with E-state index in [1.165, 1.54) is 6.07 Å². The quantitative estimate of drug-likeness (QED) is 0.805. The smallest absolute Gasteiger partial charge is 0.165 e. The lowest BCUT2D eigenvalue weighted by Gasteiger charge is -2.14. The second kappa shape index (κ2) is 6.45. The zero-order valence-electron chi connectivity index (χ0n) is 9.92. The minimum absolute atomic E-state index is 0.158. The molecule has 0 aliphatic heterocycles. The van der Waals surface area contributed by atoms with Gasteiger partial charge in [-0.15, -0.1) is 0 Å². The first-order valence-electron chi connectivity index (χ1n) is 5.26. The first kappa shape index (κ1) is 12.9. The van der Waals surface area contributed by atoms with Crippen molar-refractivity contribution in [2.24, 2.45) is 0 Å². The lowest BCUT2D eigenvalue weighted by Crippen LogP contribution is -2.18. The molecule has 1 aromatic carbocycles. The highest BCUT2D eigenvalue weighted by atomic mass is 19.1. The molecule has 0 heterocycles. The molecule has 0 saturated carbocycles. The van der Waals surface area contributed by atoms with Crippen molar-refractivity contribution >= 4 is 0 Å². The number of hydrogen-bond acceptors (Lipinski definition) is 3. The molecule has 0 aromatic heterocycles. The molecular formula is C12H18FNO2. The molecule has 0 fully saturated rings. The van der Waals surface area contributed by atoms with Gasteiger partial charge in [0.2, 0.25) is 0 Å². The summed E-state index contributed by atoms with van der Waals surface area (Å²) in [6.45, 7) is 2.92. The highest BCUT2D eigenvalue weighted by Gasteiger charge is 2.08.